The number of hydrogen-bond donors (Lipinski definition) is 2. The Morgan fingerprint density at radius 1 is 1.22 bits per heavy atom. The topological polar surface area (TPSA) is 98.3 Å². The first-order valence-corrected chi connectivity index (χ1v) is 10.2. The fourth-order valence-electron chi connectivity index (χ4n) is 3.77. The highest BCUT2D eigenvalue weighted by atomic mass is 16.5. The Labute approximate surface area is 185 Å². The number of aliphatic imine (C=N–C) groups is 1. The van der Waals surface area contributed by atoms with E-state index in [1.165, 1.54) is 6.20 Å². The van der Waals surface area contributed by atoms with E-state index in [1.807, 2.05) is 55.6 Å². The number of rotatable bonds is 5. The van der Waals surface area contributed by atoms with Crippen LogP contribution in [0.5, 0.6) is 11.5 Å². The van der Waals surface area contributed by atoms with Crippen LogP contribution in [0.25, 0.3) is 27.7 Å². The van der Waals surface area contributed by atoms with Crippen LogP contribution in [0.4, 0.5) is 0 Å². The quantitative estimate of drug-likeness (QED) is 0.463. The van der Waals surface area contributed by atoms with Crippen LogP contribution in [0.3, 0.4) is 0 Å². The second kappa shape index (κ2) is 8.55. The molecule has 0 saturated heterocycles. The van der Waals surface area contributed by atoms with Gasteiger partial charge in [0.2, 0.25) is 0 Å². The van der Waals surface area contributed by atoms with Crippen LogP contribution in [0.1, 0.15) is 17.0 Å². The Kier molecular flexibility index (Phi) is 5.64. The molecule has 7 heteroatoms. The largest absolute Gasteiger partial charge is 0.454 e. The molecule has 0 aliphatic heterocycles. The van der Waals surface area contributed by atoms with E-state index in [4.69, 9.17) is 10.5 Å². The molecule has 0 aliphatic rings. The summed E-state index contributed by atoms with van der Waals surface area (Å²) in [5.41, 5.74) is 11.3. The van der Waals surface area contributed by atoms with Crippen molar-refractivity contribution in [2.75, 3.05) is 7.05 Å². The number of ether oxygens (including phenoxy) is 1. The average Bonchev–Trinajstić information content (AvgIpc) is 3.17. The van der Waals surface area contributed by atoms with Crippen LogP contribution >= 0.6 is 0 Å². The standard InChI is InChI=1S/C25H25N5O2/c1-15-11-17(14-30(4)25(15)31)20-9-10-21-23(29-16(2)28-21)24(20)32-22-8-6-5-7-19(22)18(12-26)13-27-3/h5-14H,26H2,1-4H3,(H,28,29). The second-order valence-corrected chi connectivity index (χ2v) is 7.60. The number of hydrogen-bond acceptors (Lipinski definition) is 5. The van der Waals surface area contributed by atoms with Crippen LogP contribution in [0.2, 0.25) is 0 Å². The van der Waals surface area contributed by atoms with Gasteiger partial charge in [0.1, 0.15) is 17.1 Å². The Morgan fingerprint density at radius 3 is 2.72 bits per heavy atom. The molecular formula is C25H25N5O2. The minimum atomic E-state index is -0.0326. The van der Waals surface area contributed by atoms with Crippen molar-refractivity contribution in [1.82, 2.24) is 14.5 Å². The van der Waals surface area contributed by atoms with E-state index >= 15 is 0 Å². The number of nitrogens with two attached hydrogens (primary N) is 1. The summed E-state index contributed by atoms with van der Waals surface area (Å²) in [5, 5.41) is 0. The van der Waals surface area contributed by atoms with Crippen LogP contribution in [-0.4, -0.2) is 27.8 Å². The number of fused-ring (bicyclic) bond motifs is 1. The first-order chi connectivity index (χ1) is 15.4. The molecule has 2 aromatic heterocycles. The molecule has 2 heterocycles. The van der Waals surface area contributed by atoms with Gasteiger partial charge in [-0.2, -0.15) is 0 Å². The van der Waals surface area contributed by atoms with E-state index in [0.29, 0.717) is 22.6 Å². The SMILES string of the molecule is CN=CC(=CN)c1ccccc1Oc1c(-c2cc(C)c(=O)n(C)c2)ccc2[nH]c(C)nc12. The van der Waals surface area contributed by atoms with Gasteiger partial charge in [0.15, 0.2) is 5.75 Å². The van der Waals surface area contributed by atoms with Gasteiger partial charge in [-0.1, -0.05) is 18.2 Å². The van der Waals surface area contributed by atoms with Crippen molar-refractivity contribution in [3.05, 3.63) is 82.2 Å². The zero-order valence-electron chi connectivity index (χ0n) is 18.5. The molecule has 0 unspecified atom stereocenters. The summed E-state index contributed by atoms with van der Waals surface area (Å²) in [7, 11) is 3.44. The van der Waals surface area contributed by atoms with E-state index < -0.39 is 0 Å². The molecule has 0 aliphatic carbocycles. The molecule has 0 atom stereocenters. The lowest BCUT2D eigenvalue weighted by atomic mass is 10.0. The molecule has 4 rings (SSSR count). The second-order valence-electron chi connectivity index (χ2n) is 7.60. The lowest BCUT2D eigenvalue weighted by molar-refractivity contribution is 0.487. The molecule has 0 radical (unpaired) electrons. The van der Waals surface area contributed by atoms with Gasteiger partial charge in [-0.3, -0.25) is 9.79 Å². The molecule has 0 saturated carbocycles. The van der Waals surface area contributed by atoms with Gasteiger partial charge in [-0.25, -0.2) is 4.98 Å². The van der Waals surface area contributed by atoms with Crippen LogP contribution in [0, 0.1) is 13.8 Å². The number of H-pyrrole nitrogens is 1. The van der Waals surface area contributed by atoms with Crippen molar-refractivity contribution in [3.63, 3.8) is 0 Å². The van der Waals surface area contributed by atoms with Crippen molar-refractivity contribution in [2.24, 2.45) is 17.8 Å². The van der Waals surface area contributed by atoms with E-state index in [9.17, 15) is 4.79 Å². The third-order valence-electron chi connectivity index (χ3n) is 5.26. The van der Waals surface area contributed by atoms with Gasteiger partial charge in [0, 0.05) is 60.5 Å². The molecule has 0 bridgehead atoms. The summed E-state index contributed by atoms with van der Waals surface area (Å²) in [6.07, 6.45) is 5.01. The first kappa shape index (κ1) is 21.1. The van der Waals surface area contributed by atoms with Crippen molar-refractivity contribution >= 4 is 22.8 Å². The number of benzene rings is 2. The number of aromatic amines is 1. The third kappa shape index (κ3) is 3.80. The zero-order chi connectivity index (χ0) is 22.8. The highest BCUT2D eigenvalue weighted by Crippen LogP contribution is 2.40. The maximum Gasteiger partial charge on any atom is 0.253 e. The molecule has 0 spiro atoms. The number of imidazole rings is 1. The Bertz CT molecular complexity index is 1400. The van der Waals surface area contributed by atoms with Crippen molar-refractivity contribution in [1.29, 1.82) is 0 Å². The Hall–Kier alpha value is -4.13. The zero-order valence-corrected chi connectivity index (χ0v) is 18.5. The van der Waals surface area contributed by atoms with Gasteiger partial charge < -0.3 is 20.0 Å². The number of allylic oxidation sites excluding steroid dienone is 1. The number of nitrogens with one attached hydrogen (secondary N) is 1. The van der Waals surface area contributed by atoms with Gasteiger partial charge >= 0.3 is 0 Å². The number of pyridine rings is 1. The van der Waals surface area contributed by atoms with Crippen LogP contribution in [0.15, 0.2) is 64.6 Å². The number of para-hydroxylation sites is 1. The van der Waals surface area contributed by atoms with Crippen LogP contribution in [-0.2, 0) is 7.05 Å². The summed E-state index contributed by atoms with van der Waals surface area (Å²) >= 11 is 0. The van der Waals surface area contributed by atoms with Crippen molar-refractivity contribution in [3.8, 4) is 22.6 Å². The van der Waals surface area contributed by atoms with E-state index in [2.05, 4.69) is 15.0 Å². The molecule has 0 fully saturated rings. The molecular weight excluding hydrogens is 402 g/mol. The smallest absolute Gasteiger partial charge is 0.253 e. The predicted octanol–water partition coefficient (Wildman–Crippen LogP) is 4.34. The number of aryl methyl sites for hydroxylation is 3. The molecule has 3 N–H and O–H groups in total. The third-order valence-corrected chi connectivity index (χ3v) is 5.26. The van der Waals surface area contributed by atoms with Crippen molar-refractivity contribution in [2.45, 2.75) is 13.8 Å². The summed E-state index contributed by atoms with van der Waals surface area (Å²) in [6, 6.07) is 13.5. The molecule has 32 heavy (non-hydrogen) atoms. The van der Waals surface area contributed by atoms with E-state index in [0.717, 1.165) is 33.6 Å². The monoisotopic (exact) mass is 427 g/mol. The van der Waals surface area contributed by atoms with E-state index in [-0.39, 0.29) is 5.56 Å². The lowest BCUT2D eigenvalue weighted by Crippen LogP contribution is -2.18. The minimum absolute atomic E-state index is 0.0326. The normalized spacial score (nSPS) is 12.1. The van der Waals surface area contributed by atoms with Crippen molar-refractivity contribution < 1.29 is 4.74 Å². The van der Waals surface area contributed by atoms with Crippen LogP contribution < -0.4 is 16.0 Å². The molecule has 4 aromatic rings. The lowest BCUT2D eigenvalue weighted by Gasteiger charge is -2.16. The minimum Gasteiger partial charge on any atom is -0.454 e. The first-order valence-electron chi connectivity index (χ1n) is 10.2. The Morgan fingerprint density at radius 2 is 2.00 bits per heavy atom. The summed E-state index contributed by atoms with van der Waals surface area (Å²) in [6.45, 7) is 3.71. The van der Waals surface area contributed by atoms with Gasteiger partial charge in [0.05, 0.1) is 5.52 Å². The number of nitrogens with zero attached hydrogens (tertiary/aromatic N) is 3. The fraction of sp³-hybridized carbons (Fsp3) is 0.160. The molecule has 2 aromatic carbocycles. The Balaban J connectivity index is 1.96. The molecule has 162 valence electrons. The van der Waals surface area contributed by atoms with Gasteiger partial charge in [-0.15, -0.1) is 0 Å². The maximum absolute atomic E-state index is 12.2. The maximum atomic E-state index is 12.2. The summed E-state index contributed by atoms with van der Waals surface area (Å²) in [4.78, 5) is 24.3. The molecule has 0 amide bonds. The fourth-order valence-corrected chi connectivity index (χ4v) is 3.77. The summed E-state index contributed by atoms with van der Waals surface area (Å²) in [5.74, 6) is 2.01. The van der Waals surface area contributed by atoms with Gasteiger partial charge in [0.25, 0.3) is 5.56 Å². The number of aromatic nitrogens is 3. The average molecular weight is 428 g/mol. The molecule has 7 nitrogen and oxygen atoms in total. The van der Waals surface area contributed by atoms with Gasteiger partial charge in [-0.05, 0) is 38.1 Å². The highest BCUT2D eigenvalue weighted by molar-refractivity contribution is 6.10. The summed E-state index contributed by atoms with van der Waals surface area (Å²) < 4.78 is 8.11. The highest BCUT2D eigenvalue weighted by Gasteiger charge is 2.18. The predicted molar refractivity (Wildman–Crippen MR) is 129 cm³/mol. The van der Waals surface area contributed by atoms with E-state index in [1.54, 1.807) is 31.8 Å².